The standard InChI is InChI=1S/C29H31FN4O3/c30-22-8-9-25-23(18-22)26(32-12-10-29(37,11-13-32)21-4-2-1-3-5-21)24(19-31-25)28(36)34-16-14-33(15-17-34)27(35)20-6-7-20/h1-5,8-9,18-20,37H,6-7,10-17H2. The van der Waals surface area contributed by atoms with Crippen molar-refractivity contribution in [3.8, 4) is 0 Å². The van der Waals surface area contributed by atoms with Gasteiger partial charge in [0.2, 0.25) is 5.91 Å². The van der Waals surface area contributed by atoms with Crippen LogP contribution in [0.5, 0.6) is 0 Å². The molecule has 3 heterocycles. The molecule has 1 N–H and O–H groups in total. The molecule has 3 aromatic rings. The van der Waals surface area contributed by atoms with Crippen molar-refractivity contribution in [3.05, 3.63) is 71.7 Å². The molecule has 0 bridgehead atoms. The third-order valence-corrected chi connectivity index (χ3v) is 8.06. The summed E-state index contributed by atoms with van der Waals surface area (Å²) in [5.41, 5.74) is 1.67. The molecule has 0 radical (unpaired) electrons. The van der Waals surface area contributed by atoms with E-state index in [1.807, 2.05) is 35.2 Å². The number of carbonyl (C=O) groups is 2. The Morgan fingerprint density at radius 1 is 0.919 bits per heavy atom. The number of fused-ring (bicyclic) bond motifs is 1. The lowest BCUT2D eigenvalue weighted by Gasteiger charge is -2.41. The molecule has 0 spiro atoms. The van der Waals surface area contributed by atoms with Crippen molar-refractivity contribution in [1.29, 1.82) is 0 Å². The van der Waals surface area contributed by atoms with Crippen LogP contribution in [0.2, 0.25) is 0 Å². The lowest BCUT2D eigenvalue weighted by atomic mass is 9.84. The van der Waals surface area contributed by atoms with Gasteiger partial charge in [-0.15, -0.1) is 0 Å². The van der Waals surface area contributed by atoms with Crippen molar-refractivity contribution in [1.82, 2.24) is 14.8 Å². The number of benzene rings is 2. The molecule has 1 saturated carbocycles. The summed E-state index contributed by atoms with van der Waals surface area (Å²) < 4.78 is 14.4. The Bertz CT molecular complexity index is 1330. The van der Waals surface area contributed by atoms with E-state index in [0.717, 1.165) is 18.4 Å². The maximum atomic E-state index is 14.4. The van der Waals surface area contributed by atoms with Crippen LogP contribution in [-0.4, -0.2) is 71.0 Å². The van der Waals surface area contributed by atoms with Crippen LogP contribution in [0.3, 0.4) is 0 Å². The van der Waals surface area contributed by atoms with Gasteiger partial charge in [-0.2, -0.15) is 0 Å². The van der Waals surface area contributed by atoms with Crippen molar-refractivity contribution in [2.45, 2.75) is 31.3 Å². The average molecular weight is 503 g/mol. The van der Waals surface area contributed by atoms with Crippen LogP contribution < -0.4 is 4.90 Å². The number of piperidine rings is 1. The topological polar surface area (TPSA) is 77.0 Å². The van der Waals surface area contributed by atoms with Crippen LogP contribution in [0.1, 0.15) is 41.6 Å². The van der Waals surface area contributed by atoms with Crippen molar-refractivity contribution in [2.24, 2.45) is 5.92 Å². The number of hydrogen-bond acceptors (Lipinski definition) is 5. The molecular formula is C29H31FN4O3. The number of amides is 2. The predicted molar refractivity (Wildman–Crippen MR) is 139 cm³/mol. The number of nitrogens with zero attached hydrogens (tertiary/aromatic N) is 4. The number of rotatable bonds is 4. The number of hydrogen-bond donors (Lipinski definition) is 1. The predicted octanol–water partition coefficient (Wildman–Crippen LogP) is 3.56. The first kappa shape index (κ1) is 23.9. The summed E-state index contributed by atoms with van der Waals surface area (Å²) in [6.45, 7) is 3.02. The minimum absolute atomic E-state index is 0.156. The van der Waals surface area contributed by atoms with E-state index in [2.05, 4.69) is 9.88 Å². The first-order valence-electron chi connectivity index (χ1n) is 13.1. The van der Waals surface area contributed by atoms with Gasteiger partial charge in [0, 0.05) is 56.8 Å². The first-order valence-corrected chi connectivity index (χ1v) is 13.1. The second-order valence-electron chi connectivity index (χ2n) is 10.5. The third kappa shape index (κ3) is 4.55. The molecule has 3 fully saturated rings. The van der Waals surface area contributed by atoms with Gasteiger partial charge in [-0.05, 0) is 49.4 Å². The van der Waals surface area contributed by atoms with Crippen molar-refractivity contribution in [3.63, 3.8) is 0 Å². The molecule has 6 rings (SSSR count). The summed E-state index contributed by atoms with van der Waals surface area (Å²) in [6.07, 6.45) is 4.51. The Kier molecular flexibility index (Phi) is 6.07. The van der Waals surface area contributed by atoms with E-state index in [1.165, 1.54) is 12.1 Å². The fourth-order valence-corrected chi connectivity index (χ4v) is 5.67. The van der Waals surface area contributed by atoms with E-state index < -0.39 is 5.60 Å². The molecule has 2 amide bonds. The summed E-state index contributed by atoms with van der Waals surface area (Å²) in [7, 11) is 0. The zero-order valence-electron chi connectivity index (χ0n) is 20.8. The number of carbonyl (C=O) groups excluding carboxylic acids is 2. The molecule has 1 aliphatic carbocycles. The SMILES string of the molecule is O=C(c1cnc2ccc(F)cc2c1N1CCC(O)(c2ccccc2)CC1)N1CCN(C(=O)C2CC2)CC1. The van der Waals surface area contributed by atoms with Crippen LogP contribution in [0.15, 0.2) is 54.7 Å². The highest BCUT2D eigenvalue weighted by molar-refractivity contribution is 6.07. The van der Waals surface area contributed by atoms with E-state index in [-0.39, 0.29) is 23.5 Å². The van der Waals surface area contributed by atoms with E-state index in [0.29, 0.717) is 74.3 Å². The smallest absolute Gasteiger partial charge is 0.257 e. The minimum Gasteiger partial charge on any atom is -0.385 e. The van der Waals surface area contributed by atoms with Gasteiger partial charge < -0.3 is 19.8 Å². The summed E-state index contributed by atoms with van der Waals surface area (Å²) in [5.74, 6) is -0.168. The molecule has 2 saturated heterocycles. The van der Waals surface area contributed by atoms with Gasteiger partial charge in [-0.25, -0.2) is 4.39 Å². The maximum absolute atomic E-state index is 14.4. The quantitative estimate of drug-likeness (QED) is 0.591. The summed E-state index contributed by atoms with van der Waals surface area (Å²) in [4.78, 5) is 36.4. The minimum atomic E-state index is -0.944. The molecule has 2 aromatic carbocycles. The number of aliphatic hydroxyl groups is 1. The van der Waals surface area contributed by atoms with Gasteiger partial charge in [-0.3, -0.25) is 14.6 Å². The molecule has 1 aromatic heterocycles. The van der Waals surface area contributed by atoms with Gasteiger partial charge in [0.25, 0.3) is 5.91 Å². The highest BCUT2D eigenvalue weighted by Crippen LogP contribution is 2.38. The van der Waals surface area contributed by atoms with Crippen LogP contribution in [0.25, 0.3) is 10.9 Å². The highest BCUT2D eigenvalue weighted by atomic mass is 19.1. The number of piperazine rings is 1. The largest absolute Gasteiger partial charge is 0.385 e. The highest BCUT2D eigenvalue weighted by Gasteiger charge is 2.38. The third-order valence-electron chi connectivity index (χ3n) is 8.06. The van der Waals surface area contributed by atoms with Crippen LogP contribution in [0.4, 0.5) is 10.1 Å². The second kappa shape index (κ2) is 9.41. The fourth-order valence-electron chi connectivity index (χ4n) is 5.67. The molecule has 2 aliphatic heterocycles. The zero-order valence-corrected chi connectivity index (χ0v) is 20.8. The fraction of sp³-hybridized carbons (Fsp3) is 0.414. The normalized spacial score (nSPS) is 19.8. The number of pyridine rings is 1. The Balaban J connectivity index is 1.28. The summed E-state index contributed by atoms with van der Waals surface area (Å²) in [5, 5.41) is 11.9. The summed E-state index contributed by atoms with van der Waals surface area (Å²) >= 11 is 0. The zero-order chi connectivity index (χ0) is 25.6. The molecule has 7 nitrogen and oxygen atoms in total. The van der Waals surface area contributed by atoms with E-state index in [1.54, 1.807) is 17.2 Å². The van der Waals surface area contributed by atoms with Gasteiger partial charge in [0.1, 0.15) is 5.82 Å². The Labute approximate surface area is 215 Å². The molecule has 8 heteroatoms. The Morgan fingerprint density at radius 2 is 1.59 bits per heavy atom. The lowest BCUT2D eigenvalue weighted by Crippen LogP contribution is -2.51. The Morgan fingerprint density at radius 3 is 2.27 bits per heavy atom. The van der Waals surface area contributed by atoms with Crippen LogP contribution in [0, 0.1) is 11.7 Å². The van der Waals surface area contributed by atoms with Crippen molar-refractivity contribution < 1.29 is 19.1 Å². The number of anilines is 1. The second-order valence-corrected chi connectivity index (χ2v) is 10.5. The van der Waals surface area contributed by atoms with Crippen molar-refractivity contribution in [2.75, 3.05) is 44.2 Å². The Hall–Kier alpha value is -3.52. The van der Waals surface area contributed by atoms with Gasteiger partial charge >= 0.3 is 0 Å². The maximum Gasteiger partial charge on any atom is 0.257 e. The van der Waals surface area contributed by atoms with E-state index >= 15 is 0 Å². The van der Waals surface area contributed by atoms with Crippen LogP contribution in [-0.2, 0) is 10.4 Å². The number of halogens is 1. The molecule has 192 valence electrons. The molecular weight excluding hydrogens is 471 g/mol. The van der Waals surface area contributed by atoms with Crippen LogP contribution >= 0.6 is 0 Å². The molecule has 37 heavy (non-hydrogen) atoms. The van der Waals surface area contributed by atoms with Gasteiger partial charge in [0.05, 0.1) is 22.4 Å². The van der Waals surface area contributed by atoms with Gasteiger partial charge in [-0.1, -0.05) is 30.3 Å². The van der Waals surface area contributed by atoms with Crippen molar-refractivity contribution >= 4 is 28.4 Å². The van der Waals surface area contributed by atoms with E-state index in [9.17, 15) is 19.1 Å². The molecule has 0 atom stereocenters. The molecule has 0 unspecified atom stereocenters. The monoisotopic (exact) mass is 502 g/mol. The van der Waals surface area contributed by atoms with E-state index in [4.69, 9.17) is 0 Å². The lowest BCUT2D eigenvalue weighted by molar-refractivity contribution is -0.134. The average Bonchev–Trinajstić information content (AvgIpc) is 3.79. The van der Waals surface area contributed by atoms with Gasteiger partial charge in [0.15, 0.2) is 0 Å². The summed E-state index contributed by atoms with van der Waals surface area (Å²) in [6, 6.07) is 14.1. The molecule has 3 aliphatic rings. The first-order chi connectivity index (χ1) is 17.9. The number of aromatic nitrogens is 1.